The Morgan fingerprint density at radius 3 is 1.04 bits per heavy atom. The largest absolute Gasteiger partial charge is 0.426 e. The molecule has 2 N–H and O–H groups in total. The Kier molecular flexibility index (Phi) is 40.7. The fourth-order valence-electron chi connectivity index (χ4n) is 16.5. The van der Waals surface area contributed by atoms with Crippen molar-refractivity contribution >= 4 is 30.7 Å². The van der Waals surface area contributed by atoms with Crippen LogP contribution in [0.5, 0.6) is 0 Å². The Balaban J connectivity index is 0. The number of methoxy groups -OCH3 is 1. The molecule has 6 aliphatic rings. The van der Waals surface area contributed by atoms with Gasteiger partial charge in [-0.2, -0.15) is 104 Å². The molecule has 15 atom stereocenters. The van der Waals surface area contributed by atoms with Gasteiger partial charge in [0.2, 0.25) is 0 Å². The first-order valence-corrected chi connectivity index (χ1v) is 37.7. The highest BCUT2D eigenvalue weighted by Crippen LogP contribution is 2.63. The Hall–Kier alpha value is -2.30. The summed E-state index contributed by atoms with van der Waals surface area (Å²) in [6.07, 6.45) is -15.7. The first-order chi connectivity index (χ1) is 44.2. The van der Waals surface area contributed by atoms with E-state index in [1.807, 2.05) is 19.9 Å². The predicted octanol–water partition coefficient (Wildman–Crippen LogP) is 22.5. The lowest BCUT2D eigenvalue weighted by molar-refractivity contribution is -0.397. The van der Waals surface area contributed by atoms with Crippen molar-refractivity contribution in [3.8, 4) is 0 Å². The topological polar surface area (TPSA) is 161 Å². The van der Waals surface area contributed by atoms with Crippen molar-refractivity contribution in [3.05, 3.63) is 24.1 Å². The van der Waals surface area contributed by atoms with Gasteiger partial charge in [-0.25, -0.2) is 0 Å². The Labute approximate surface area is 587 Å². The van der Waals surface area contributed by atoms with Crippen LogP contribution in [0.4, 0.5) is 90.7 Å². The SMILES string of the molecule is C.C.C.C.C=CS(=O)(=O)F.CCC(CCCCCCCCCC1C2CC(CC(O)(C(F)(F)F)C(F)(F)F)C(C2)C1C)S(=O)(=O)F.CCC(CCCCCCCCCC1C2CC(CC(OCOC)(C(F)(F)F)C(F)(F)F)C(C2)C1C)S(=O)(=O)F.OC(CC1CC2C=CC1C2)(C(F)(F)F)C(F)(F)F. The third-order valence-corrected chi connectivity index (χ3v) is 24.9. The van der Waals surface area contributed by atoms with Crippen molar-refractivity contribution in [1.82, 2.24) is 0 Å². The van der Waals surface area contributed by atoms with Crippen LogP contribution in [-0.4, -0.2) is 114 Å². The first kappa shape index (κ1) is 101. The summed E-state index contributed by atoms with van der Waals surface area (Å²) in [4.78, 5) is 0. The fraction of sp³-hybridized carbons (Fsp3) is 0.940. The third-order valence-electron chi connectivity index (χ3n) is 21.8. The van der Waals surface area contributed by atoms with E-state index >= 15 is 0 Å². The zero-order chi connectivity index (χ0) is 74.4. The molecule has 0 saturated heterocycles. The molecule has 0 aromatic carbocycles. The van der Waals surface area contributed by atoms with Crippen LogP contribution in [-0.2, 0) is 40.1 Å². The number of hydrogen-bond donors (Lipinski definition) is 2. The highest BCUT2D eigenvalue weighted by atomic mass is 32.3. The smallest absolute Gasteiger partial charge is 0.374 e. The molecule has 34 heteroatoms. The summed E-state index contributed by atoms with van der Waals surface area (Å²) < 4.78 is 344. The van der Waals surface area contributed by atoms with Crippen LogP contribution in [0.1, 0.15) is 244 Å². The number of fused-ring (bicyclic) bond motifs is 6. The number of aliphatic hydroxyl groups is 2. The van der Waals surface area contributed by atoms with E-state index in [0.29, 0.717) is 69.6 Å². The second-order valence-electron chi connectivity index (χ2n) is 27.9. The van der Waals surface area contributed by atoms with Gasteiger partial charge in [-0.05, 0) is 173 Å². The van der Waals surface area contributed by atoms with Gasteiger partial charge in [0, 0.05) is 7.11 Å². The number of ether oxygens (including phenoxy) is 2. The maximum absolute atomic E-state index is 13.8. The normalized spacial score (nSPS) is 26.6. The number of hydrogen-bond acceptors (Lipinski definition) is 10. The number of alkyl halides is 18. The van der Waals surface area contributed by atoms with E-state index in [9.17, 15) is 121 Å². The van der Waals surface area contributed by atoms with E-state index in [1.165, 1.54) is 0 Å². The average Bonchev–Trinajstić information content (AvgIpc) is 1.72. The molecule has 6 aliphatic carbocycles. The predicted molar refractivity (Wildman–Crippen MR) is 348 cm³/mol. The van der Waals surface area contributed by atoms with Gasteiger partial charge in [0.05, 0.1) is 15.9 Å². The van der Waals surface area contributed by atoms with E-state index in [2.05, 4.69) is 16.1 Å². The first-order valence-electron chi connectivity index (χ1n) is 33.3. The van der Waals surface area contributed by atoms with E-state index in [1.54, 1.807) is 19.9 Å². The van der Waals surface area contributed by atoms with Gasteiger partial charge in [0.15, 0.2) is 0 Å². The zero-order valence-corrected chi connectivity index (χ0v) is 57.6. The minimum absolute atomic E-state index is 0. The highest BCUT2D eigenvalue weighted by Gasteiger charge is 2.75. The molecule has 10 nitrogen and oxygen atoms in total. The van der Waals surface area contributed by atoms with Gasteiger partial charge < -0.3 is 19.7 Å². The summed E-state index contributed by atoms with van der Waals surface area (Å²) in [7, 11) is -12.4. The lowest BCUT2D eigenvalue weighted by Gasteiger charge is -2.42. The number of halogens is 21. The highest BCUT2D eigenvalue weighted by molar-refractivity contribution is 7.89. The van der Waals surface area contributed by atoms with Crippen LogP contribution in [0.3, 0.4) is 0 Å². The minimum atomic E-state index is -5.75. The van der Waals surface area contributed by atoms with Gasteiger partial charge in [-0.15, -0.1) is 11.7 Å². The summed E-state index contributed by atoms with van der Waals surface area (Å²) in [6, 6.07) is 0. The number of allylic oxidation sites excluding steroid dienone is 2. The molecule has 0 aromatic rings. The molecular weight excluding hydrogens is 1460 g/mol. The summed E-state index contributed by atoms with van der Waals surface area (Å²) in [5.41, 5.74) is -13.5. The van der Waals surface area contributed by atoms with Gasteiger partial charge in [-0.1, -0.05) is 166 Å². The molecule has 0 spiro atoms. The summed E-state index contributed by atoms with van der Waals surface area (Å²) in [6.45, 7) is 8.78. The van der Waals surface area contributed by atoms with E-state index in [-0.39, 0.29) is 102 Å². The molecule has 6 rings (SSSR count). The lowest BCUT2D eigenvalue weighted by Crippen LogP contribution is -2.60. The molecule has 0 radical (unpaired) electrons. The average molecular weight is 1570 g/mol. The zero-order valence-electron chi connectivity index (χ0n) is 55.1. The van der Waals surface area contributed by atoms with Crippen molar-refractivity contribution in [3.63, 3.8) is 0 Å². The summed E-state index contributed by atoms with van der Waals surface area (Å²) in [5, 5.41) is 17.1. The second-order valence-corrected chi connectivity index (χ2v) is 32.4. The van der Waals surface area contributed by atoms with E-state index in [4.69, 9.17) is 5.11 Å². The molecule has 0 amide bonds. The molecule has 606 valence electrons. The van der Waals surface area contributed by atoms with Gasteiger partial charge >= 0.3 is 67.7 Å². The molecule has 6 bridgehead atoms. The molecule has 15 unspecified atom stereocenters. The Bertz CT molecular complexity index is 2700. The van der Waals surface area contributed by atoms with Gasteiger partial charge in [-0.3, -0.25) is 0 Å². The Morgan fingerprint density at radius 1 is 0.465 bits per heavy atom. The number of unbranched alkanes of at least 4 members (excludes halogenated alkanes) is 12. The van der Waals surface area contributed by atoms with Crippen LogP contribution >= 0.6 is 0 Å². The van der Waals surface area contributed by atoms with E-state index < -0.39 is 139 Å². The summed E-state index contributed by atoms with van der Waals surface area (Å²) in [5.74, 6) is -1.87. The van der Waals surface area contributed by atoms with Crippen molar-refractivity contribution in [2.75, 3.05) is 13.9 Å². The maximum Gasteiger partial charge on any atom is 0.426 e. The van der Waals surface area contributed by atoms with Crippen molar-refractivity contribution in [1.29, 1.82) is 0 Å². The van der Waals surface area contributed by atoms with E-state index in [0.717, 1.165) is 97.0 Å². The van der Waals surface area contributed by atoms with Crippen LogP contribution in [0, 0.1) is 76.9 Å². The molecule has 0 heterocycles. The van der Waals surface area contributed by atoms with Crippen molar-refractivity contribution in [2.24, 2.45) is 76.9 Å². The van der Waals surface area contributed by atoms with Crippen molar-refractivity contribution < 1.29 is 136 Å². The molecule has 5 fully saturated rings. The molecule has 0 aromatic heterocycles. The fourth-order valence-corrected chi connectivity index (χ4v) is 18.2. The monoisotopic (exact) mass is 1570 g/mol. The third kappa shape index (κ3) is 27.7. The van der Waals surface area contributed by atoms with Crippen LogP contribution in [0.15, 0.2) is 24.1 Å². The lowest BCUT2D eigenvalue weighted by atomic mass is 9.70. The van der Waals surface area contributed by atoms with Gasteiger partial charge in [0.25, 0.3) is 16.8 Å². The summed E-state index contributed by atoms with van der Waals surface area (Å²) >= 11 is 0. The molecule has 101 heavy (non-hydrogen) atoms. The maximum atomic E-state index is 13.8. The van der Waals surface area contributed by atoms with Crippen LogP contribution < -0.4 is 0 Å². The quantitative estimate of drug-likeness (QED) is 0.0209. The Morgan fingerprint density at radius 2 is 0.782 bits per heavy atom. The number of rotatable bonds is 34. The van der Waals surface area contributed by atoms with Crippen LogP contribution in [0.25, 0.3) is 0 Å². The van der Waals surface area contributed by atoms with Gasteiger partial charge in [0.1, 0.15) is 6.79 Å². The second kappa shape index (κ2) is 40.8. The molecule has 0 aliphatic heterocycles. The molecular formula is C67H113F21O10S3. The van der Waals surface area contributed by atoms with Crippen LogP contribution in [0.2, 0.25) is 0 Å². The standard InChI is InChI=1S/C26H43F7O4S.C24H39F7O3S.C11H12F6O.C2H3FO2S.4CH4/c1-4-21(38(33,34)35)12-10-8-6-5-7-9-11-13-22-18(2)23-15-19(22)14-20(23)16-24(25(27,28)29,26(30,31)32)37-17-36-3;1-3-19(35(31,33)34)11-9-7-5-4-6-8-10-12-20-16(2)21-14-17(20)13-18(21)15-22(32,23(25,26)27)24(28,29)30;12-10(13,14)9(18,11(15,16)17)5-8-4-6-1-2-7(8)3-6;1-2-6(3,4)5;;;;/h18-23H,4-17H2,1-3H3;16-21,32H,3-15H2,1-2H3;1-2,6-8,18H,3-5H2;2H,1H2;4*1H4. The minimum Gasteiger partial charge on any atom is -0.374 e. The molecule has 5 saturated carbocycles. The van der Waals surface area contributed by atoms with Crippen molar-refractivity contribution in [2.45, 2.75) is 308 Å².